The number of nitrogens with zero attached hydrogens (tertiary/aromatic N) is 3. The lowest BCUT2D eigenvalue weighted by Crippen LogP contribution is -2.39. The maximum atomic E-state index is 13.6. The molecule has 1 fully saturated rings. The normalized spacial score (nSPS) is 14.7. The molecule has 0 N–H and O–H groups in total. The average Bonchev–Trinajstić information content (AvgIpc) is 3.22. The topological polar surface area (TPSA) is 45.7 Å². The number of ether oxygens (including phenoxy) is 1. The maximum absolute atomic E-state index is 13.6. The van der Waals surface area contributed by atoms with E-state index < -0.39 is 0 Å². The van der Waals surface area contributed by atoms with Crippen LogP contribution in [0.25, 0.3) is 10.2 Å². The second-order valence-electron chi connectivity index (χ2n) is 8.15. The van der Waals surface area contributed by atoms with Gasteiger partial charge in [0.05, 0.1) is 23.4 Å². The van der Waals surface area contributed by atoms with E-state index in [-0.39, 0.29) is 5.91 Å². The molecular weight excluding hydrogens is 438 g/mol. The van der Waals surface area contributed by atoms with Crippen LogP contribution in [0.5, 0.6) is 0 Å². The highest BCUT2D eigenvalue weighted by Crippen LogP contribution is 2.33. The predicted molar refractivity (Wildman–Crippen MR) is 135 cm³/mol. The number of morpholine rings is 1. The number of rotatable bonds is 8. The van der Waals surface area contributed by atoms with Gasteiger partial charge in [-0.15, -0.1) is 11.8 Å². The number of anilines is 1. The number of thioether (sulfide) groups is 1. The third-order valence-corrected chi connectivity index (χ3v) is 7.78. The Hall–Kier alpha value is -1.93. The molecule has 170 valence electrons. The van der Waals surface area contributed by atoms with E-state index in [0.717, 1.165) is 60.4 Å². The number of carbonyl (C=O) groups excluding carboxylic acids is 1. The molecule has 5 nitrogen and oxygen atoms in total. The number of benzene rings is 2. The largest absolute Gasteiger partial charge is 0.379 e. The van der Waals surface area contributed by atoms with Crippen molar-refractivity contribution in [3.8, 4) is 0 Å². The molecule has 32 heavy (non-hydrogen) atoms. The zero-order valence-electron chi connectivity index (χ0n) is 19.1. The minimum atomic E-state index is 0.0217. The van der Waals surface area contributed by atoms with Crippen molar-refractivity contribution in [3.05, 3.63) is 53.1 Å². The van der Waals surface area contributed by atoms with Crippen molar-refractivity contribution >= 4 is 44.4 Å². The van der Waals surface area contributed by atoms with Crippen LogP contribution in [0.4, 0.5) is 5.13 Å². The molecule has 0 atom stereocenters. The van der Waals surface area contributed by atoms with E-state index in [1.807, 2.05) is 29.2 Å². The molecule has 0 unspecified atom stereocenters. The summed E-state index contributed by atoms with van der Waals surface area (Å²) in [4.78, 5) is 23.9. The second-order valence-corrected chi connectivity index (χ2v) is 10.5. The molecule has 0 bridgehead atoms. The zero-order valence-corrected chi connectivity index (χ0v) is 20.7. The first-order valence-electron chi connectivity index (χ1n) is 11.3. The Morgan fingerprint density at radius 2 is 1.94 bits per heavy atom. The molecule has 1 aliphatic rings. The first kappa shape index (κ1) is 23.2. The highest BCUT2D eigenvalue weighted by molar-refractivity contribution is 7.99. The van der Waals surface area contributed by atoms with Crippen LogP contribution >= 0.6 is 23.1 Å². The van der Waals surface area contributed by atoms with E-state index >= 15 is 0 Å². The summed E-state index contributed by atoms with van der Waals surface area (Å²) in [5.74, 6) is 1.04. The standard InChI is InChI=1S/C25H31N3O2S2/c1-4-31-21-8-6-20(7-9-21)24(29)28(11-5-10-27-12-14-30-15-13-27)25-26-22-17-18(2)16-19(3)23(22)32-25/h6-9,16-17H,4-5,10-15H2,1-3H3. The fourth-order valence-corrected chi connectivity index (χ4v) is 5.76. The third-order valence-electron chi connectivity index (χ3n) is 5.66. The smallest absolute Gasteiger partial charge is 0.260 e. The van der Waals surface area contributed by atoms with E-state index in [4.69, 9.17) is 9.72 Å². The Labute approximate surface area is 198 Å². The summed E-state index contributed by atoms with van der Waals surface area (Å²) in [6.07, 6.45) is 0.906. The molecule has 2 aromatic carbocycles. The van der Waals surface area contributed by atoms with Gasteiger partial charge in [0.1, 0.15) is 0 Å². The number of amides is 1. The van der Waals surface area contributed by atoms with Crippen molar-refractivity contribution in [2.24, 2.45) is 0 Å². The van der Waals surface area contributed by atoms with E-state index in [9.17, 15) is 4.79 Å². The van der Waals surface area contributed by atoms with Gasteiger partial charge < -0.3 is 4.74 Å². The van der Waals surface area contributed by atoms with Crippen LogP contribution in [0.1, 0.15) is 34.8 Å². The summed E-state index contributed by atoms with van der Waals surface area (Å²) in [6, 6.07) is 12.3. The number of carbonyl (C=O) groups is 1. The van der Waals surface area contributed by atoms with Gasteiger partial charge in [0.2, 0.25) is 0 Å². The Balaban J connectivity index is 1.58. The molecule has 1 saturated heterocycles. The average molecular weight is 470 g/mol. The van der Waals surface area contributed by atoms with Crippen LogP contribution < -0.4 is 4.90 Å². The van der Waals surface area contributed by atoms with Gasteiger partial charge in [0.25, 0.3) is 5.91 Å². The van der Waals surface area contributed by atoms with Gasteiger partial charge in [0.15, 0.2) is 5.13 Å². The number of hydrogen-bond acceptors (Lipinski definition) is 6. The van der Waals surface area contributed by atoms with Crippen LogP contribution in [0.3, 0.4) is 0 Å². The summed E-state index contributed by atoms with van der Waals surface area (Å²) >= 11 is 3.40. The summed E-state index contributed by atoms with van der Waals surface area (Å²) in [6.45, 7) is 11.5. The summed E-state index contributed by atoms with van der Waals surface area (Å²) in [5, 5.41) is 0.785. The lowest BCUT2D eigenvalue weighted by molar-refractivity contribution is 0.0376. The molecule has 1 amide bonds. The Bertz CT molecular complexity index is 1060. The molecule has 0 radical (unpaired) electrons. The summed E-state index contributed by atoms with van der Waals surface area (Å²) < 4.78 is 6.62. The number of aryl methyl sites for hydroxylation is 2. The van der Waals surface area contributed by atoms with Crippen LogP contribution in [-0.4, -0.2) is 60.9 Å². The molecule has 4 rings (SSSR count). The summed E-state index contributed by atoms with van der Waals surface area (Å²) in [5.41, 5.74) is 4.10. The fourth-order valence-electron chi connectivity index (χ4n) is 4.06. The lowest BCUT2D eigenvalue weighted by Gasteiger charge is -2.27. The van der Waals surface area contributed by atoms with Crippen LogP contribution in [0.15, 0.2) is 41.3 Å². The van der Waals surface area contributed by atoms with Gasteiger partial charge in [-0.25, -0.2) is 4.98 Å². The summed E-state index contributed by atoms with van der Waals surface area (Å²) in [7, 11) is 0. The van der Waals surface area contributed by atoms with E-state index in [1.165, 1.54) is 16.0 Å². The Morgan fingerprint density at radius 3 is 2.66 bits per heavy atom. The van der Waals surface area contributed by atoms with Crippen LogP contribution in [-0.2, 0) is 4.74 Å². The Kier molecular flexibility index (Phi) is 7.84. The minimum absolute atomic E-state index is 0.0217. The minimum Gasteiger partial charge on any atom is -0.379 e. The molecule has 0 saturated carbocycles. The quantitative estimate of drug-likeness (QED) is 0.414. The van der Waals surface area contributed by atoms with Gasteiger partial charge in [-0.05, 0) is 67.5 Å². The maximum Gasteiger partial charge on any atom is 0.260 e. The molecule has 7 heteroatoms. The van der Waals surface area contributed by atoms with Crippen molar-refractivity contribution in [1.82, 2.24) is 9.88 Å². The second kappa shape index (κ2) is 10.8. The van der Waals surface area contributed by atoms with E-state index in [0.29, 0.717) is 12.1 Å². The van der Waals surface area contributed by atoms with Gasteiger partial charge in [0, 0.05) is 36.6 Å². The van der Waals surface area contributed by atoms with E-state index in [1.54, 1.807) is 23.1 Å². The number of aromatic nitrogens is 1. The van der Waals surface area contributed by atoms with Gasteiger partial charge in [-0.3, -0.25) is 14.6 Å². The highest BCUT2D eigenvalue weighted by atomic mass is 32.2. The molecule has 1 aromatic heterocycles. The van der Waals surface area contributed by atoms with Crippen molar-refractivity contribution in [1.29, 1.82) is 0 Å². The van der Waals surface area contributed by atoms with Gasteiger partial charge in [-0.1, -0.05) is 24.3 Å². The molecule has 0 spiro atoms. The first-order chi connectivity index (χ1) is 15.5. The van der Waals surface area contributed by atoms with E-state index in [2.05, 4.69) is 37.8 Å². The van der Waals surface area contributed by atoms with Gasteiger partial charge in [-0.2, -0.15) is 0 Å². The fraction of sp³-hybridized carbons (Fsp3) is 0.440. The molecule has 2 heterocycles. The highest BCUT2D eigenvalue weighted by Gasteiger charge is 2.22. The van der Waals surface area contributed by atoms with Crippen molar-refractivity contribution in [2.45, 2.75) is 32.1 Å². The number of fused-ring (bicyclic) bond motifs is 1. The van der Waals surface area contributed by atoms with Crippen molar-refractivity contribution in [3.63, 3.8) is 0 Å². The first-order valence-corrected chi connectivity index (χ1v) is 13.1. The van der Waals surface area contributed by atoms with Crippen LogP contribution in [0.2, 0.25) is 0 Å². The zero-order chi connectivity index (χ0) is 22.5. The number of hydrogen-bond donors (Lipinski definition) is 0. The molecule has 3 aromatic rings. The monoisotopic (exact) mass is 469 g/mol. The molecule has 1 aliphatic heterocycles. The number of thiazole rings is 1. The van der Waals surface area contributed by atoms with Crippen molar-refractivity contribution in [2.75, 3.05) is 50.0 Å². The molecular formula is C25H31N3O2S2. The third kappa shape index (κ3) is 5.52. The SMILES string of the molecule is CCSc1ccc(C(=O)N(CCCN2CCOCC2)c2nc3cc(C)cc(C)c3s2)cc1. The van der Waals surface area contributed by atoms with Crippen molar-refractivity contribution < 1.29 is 9.53 Å². The lowest BCUT2D eigenvalue weighted by atomic mass is 10.1. The van der Waals surface area contributed by atoms with Gasteiger partial charge >= 0.3 is 0 Å². The van der Waals surface area contributed by atoms with Crippen LogP contribution in [0, 0.1) is 13.8 Å². The predicted octanol–water partition coefficient (Wildman–Crippen LogP) is 5.39. The molecule has 0 aliphatic carbocycles. The Morgan fingerprint density at radius 1 is 1.19 bits per heavy atom.